The van der Waals surface area contributed by atoms with Crippen molar-refractivity contribution in [3.05, 3.63) is 72.7 Å². The molecule has 3 rings (SSSR count). The van der Waals surface area contributed by atoms with Gasteiger partial charge in [-0.1, -0.05) is 21.9 Å². The number of nitrogens with zero attached hydrogens (tertiary/aromatic N) is 3. The van der Waals surface area contributed by atoms with Gasteiger partial charge in [-0.05, 0) is 22.6 Å². The lowest BCUT2D eigenvalue weighted by Gasteiger charge is -2.17. The van der Waals surface area contributed by atoms with E-state index in [1.165, 1.54) is 0 Å². The predicted octanol–water partition coefficient (Wildman–Crippen LogP) is 0.776. The molecule has 0 radical (unpaired) electrons. The maximum atomic E-state index is 11.9. The van der Waals surface area contributed by atoms with Crippen molar-refractivity contribution in [2.24, 2.45) is 0 Å². The molecule has 11 heteroatoms. The summed E-state index contributed by atoms with van der Waals surface area (Å²) >= 11 is 0. The van der Waals surface area contributed by atoms with Gasteiger partial charge in [0.15, 0.2) is 4.60 Å². The largest absolute Gasteiger partial charge is 0.612 e. The Kier molecular flexibility index (Phi) is 3.52. The Labute approximate surface area is 133 Å². The summed E-state index contributed by atoms with van der Waals surface area (Å²) in [6.07, 6.45) is 0.838. The minimum absolute atomic E-state index is 0.0198. The van der Waals surface area contributed by atoms with Crippen LogP contribution in [-0.4, -0.2) is 27.7 Å². The van der Waals surface area contributed by atoms with Gasteiger partial charge in [0.25, 0.3) is 11.4 Å². The second kappa shape index (κ2) is 5.53. The average Bonchev–Trinajstić information content (AvgIpc) is 2.95. The highest BCUT2D eigenvalue weighted by molar-refractivity contribution is 6.05. The summed E-state index contributed by atoms with van der Waals surface area (Å²) in [5, 5.41) is 39.0. The highest BCUT2D eigenvalue weighted by Gasteiger charge is 2.47. The van der Waals surface area contributed by atoms with Gasteiger partial charge in [0.2, 0.25) is 5.71 Å². The van der Waals surface area contributed by atoms with Crippen LogP contribution in [0.2, 0.25) is 0 Å². The zero-order valence-electron chi connectivity index (χ0n) is 12.3. The monoisotopic (exact) mass is 333 g/mol. The van der Waals surface area contributed by atoms with Crippen molar-refractivity contribution in [1.82, 2.24) is 5.16 Å². The number of H-pyrrole nitrogens is 1. The van der Waals surface area contributed by atoms with Gasteiger partial charge in [-0.3, -0.25) is 10.1 Å². The highest BCUT2D eigenvalue weighted by atomic mass is 16.8. The fourth-order valence-electron chi connectivity index (χ4n) is 2.62. The molecule has 0 spiro atoms. The molecule has 1 heterocycles. The number of anilines is 1. The third-order valence-electron chi connectivity index (χ3n) is 3.73. The molecule has 0 fully saturated rings. The minimum atomic E-state index is -1.10. The van der Waals surface area contributed by atoms with E-state index >= 15 is 0 Å². The molecule has 1 unspecified atom stereocenters. The molecule has 1 aromatic carbocycles. The Morgan fingerprint density at radius 1 is 1.25 bits per heavy atom. The van der Waals surface area contributed by atoms with Gasteiger partial charge in [-0.2, -0.15) is 4.90 Å². The van der Waals surface area contributed by atoms with Crippen molar-refractivity contribution < 1.29 is 19.1 Å². The Bertz CT molecular complexity index is 919. The first-order chi connectivity index (χ1) is 11.4. The average molecular weight is 333 g/mol. The number of nitro groups is 1. The molecule has 1 aliphatic rings. The van der Waals surface area contributed by atoms with Crippen LogP contribution >= 0.6 is 0 Å². The second-order valence-corrected chi connectivity index (χ2v) is 4.98. The van der Waals surface area contributed by atoms with Crippen LogP contribution in [0.25, 0.3) is 5.70 Å². The van der Waals surface area contributed by atoms with Gasteiger partial charge < -0.3 is 15.7 Å². The number of hydrogen-bond acceptors (Lipinski definition) is 7. The molecule has 0 amide bonds. The molecule has 124 valence electrons. The zero-order valence-corrected chi connectivity index (χ0v) is 12.3. The predicted molar refractivity (Wildman–Crippen MR) is 81.2 cm³/mol. The molecule has 1 aliphatic carbocycles. The topological polar surface area (TPSA) is 156 Å². The van der Waals surface area contributed by atoms with Gasteiger partial charge in [-0.15, -0.1) is 0 Å². The van der Waals surface area contributed by atoms with Crippen LogP contribution in [0.1, 0.15) is 22.9 Å². The molecule has 24 heavy (non-hydrogen) atoms. The van der Waals surface area contributed by atoms with E-state index < -0.39 is 27.2 Å². The van der Waals surface area contributed by atoms with Crippen LogP contribution in [0, 0.1) is 25.4 Å². The SMILES string of the molecule is CNc1ccc(C2C(=[N+]([O-])[O-])C=C([N+](=O)[O-])c3[nH]o[n+](=O)c32)cc1. The van der Waals surface area contributed by atoms with Crippen molar-refractivity contribution in [2.45, 2.75) is 5.92 Å². The van der Waals surface area contributed by atoms with Crippen molar-refractivity contribution in [3.63, 3.8) is 0 Å². The van der Waals surface area contributed by atoms with E-state index in [9.17, 15) is 25.4 Å². The van der Waals surface area contributed by atoms with Gasteiger partial charge in [0, 0.05) is 12.7 Å². The van der Waals surface area contributed by atoms with E-state index in [0.29, 0.717) is 5.56 Å². The Balaban J connectivity index is 2.27. The van der Waals surface area contributed by atoms with Crippen LogP contribution in [0.5, 0.6) is 0 Å². The Hall–Kier alpha value is -3.63. The van der Waals surface area contributed by atoms with Crippen molar-refractivity contribution >= 4 is 17.1 Å². The molecule has 0 aliphatic heterocycles. The summed E-state index contributed by atoms with van der Waals surface area (Å²) < 4.78 is 4.58. The molecule has 0 saturated heterocycles. The number of aromatic nitrogens is 2. The van der Waals surface area contributed by atoms with E-state index in [-0.39, 0.29) is 16.0 Å². The molecule has 0 bridgehead atoms. The van der Waals surface area contributed by atoms with E-state index in [0.717, 1.165) is 11.8 Å². The fraction of sp³-hybridized carbons (Fsp3) is 0.154. The minimum Gasteiger partial charge on any atom is -0.612 e. The number of aromatic amines is 1. The van der Waals surface area contributed by atoms with E-state index in [1.54, 1.807) is 31.3 Å². The summed E-state index contributed by atoms with van der Waals surface area (Å²) in [6, 6.07) is 6.56. The van der Waals surface area contributed by atoms with E-state index in [1.807, 2.05) is 0 Å². The van der Waals surface area contributed by atoms with Gasteiger partial charge >= 0.3 is 5.70 Å². The lowest BCUT2D eigenvalue weighted by atomic mass is 9.85. The molecular formula is C13H11N5O6. The van der Waals surface area contributed by atoms with E-state index in [2.05, 4.69) is 15.1 Å². The third-order valence-corrected chi connectivity index (χ3v) is 3.73. The molecule has 2 N–H and O–H groups in total. The van der Waals surface area contributed by atoms with Gasteiger partial charge in [0.1, 0.15) is 5.92 Å². The van der Waals surface area contributed by atoms with Crippen LogP contribution in [0.4, 0.5) is 5.69 Å². The number of rotatable bonds is 3. The van der Waals surface area contributed by atoms with Gasteiger partial charge in [0.05, 0.1) is 11.0 Å². The first-order valence-corrected chi connectivity index (χ1v) is 6.74. The number of hydrogen-bond donors (Lipinski definition) is 2. The molecule has 1 aromatic heterocycles. The molecule has 2 aromatic rings. The maximum absolute atomic E-state index is 11.9. The summed E-state index contributed by atoms with van der Waals surface area (Å²) in [5.41, 5.74) is -0.298. The fourth-order valence-corrected chi connectivity index (χ4v) is 2.62. The summed E-state index contributed by atoms with van der Waals surface area (Å²) in [4.78, 5) is 21.5. The van der Waals surface area contributed by atoms with Crippen LogP contribution in [0.3, 0.4) is 0 Å². The van der Waals surface area contributed by atoms with Gasteiger partial charge in [-0.25, -0.2) is 0 Å². The summed E-state index contributed by atoms with van der Waals surface area (Å²) in [5.74, 6) is -1.10. The molecule has 0 saturated carbocycles. The maximum Gasteiger partial charge on any atom is 0.329 e. The normalized spacial score (nSPS) is 16.3. The quantitative estimate of drug-likeness (QED) is 0.477. The van der Waals surface area contributed by atoms with Crippen LogP contribution < -0.4 is 9.92 Å². The van der Waals surface area contributed by atoms with Crippen molar-refractivity contribution in [1.29, 1.82) is 0 Å². The first kappa shape index (κ1) is 15.3. The van der Waals surface area contributed by atoms with Crippen LogP contribution in [-0.2, 0) is 0 Å². The van der Waals surface area contributed by atoms with Crippen molar-refractivity contribution in [3.8, 4) is 0 Å². The lowest BCUT2D eigenvalue weighted by molar-refractivity contribution is -0.719. The lowest BCUT2D eigenvalue weighted by Crippen LogP contribution is -2.32. The number of allylic oxidation sites excluding steroid dienone is 1. The number of fused-ring (bicyclic) bond motifs is 1. The number of benzene rings is 1. The van der Waals surface area contributed by atoms with E-state index in [4.69, 9.17) is 0 Å². The molecule has 1 atom stereocenters. The highest BCUT2D eigenvalue weighted by Crippen LogP contribution is 2.34. The second-order valence-electron chi connectivity index (χ2n) is 4.98. The number of nitrogens with one attached hydrogen (secondary N) is 2. The zero-order chi connectivity index (χ0) is 17.4. The summed E-state index contributed by atoms with van der Waals surface area (Å²) in [6.45, 7) is 0. The summed E-state index contributed by atoms with van der Waals surface area (Å²) in [7, 11) is 1.71. The Morgan fingerprint density at radius 3 is 2.46 bits per heavy atom. The standard InChI is InChI=1S/C13H11N5O6/c1-14-8-4-2-7(3-5-8)11-9(16(19)20)6-10(17(21)22)12-13(11)18(23)24-15-12/h2-6,11,14-15H,1H3. The third kappa shape index (κ3) is 2.27. The Morgan fingerprint density at radius 2 is 1.92 bits per heavy atom. The first-order valence-electron chi connectivity index (χ1n) is 6.74. The smallest absolute Gasteiger partial charge is 0.329 e. The molecule has 11 nitrogen and oxygen atoms in total. The van der Waals surface area contributed by atoms with Crippen LogP contribution in [0.15, 0.2) is 35.0 Å². The van der Waals surface area contributed by atoms with Crippen molar-refractivity contribution in [2.75, 3.05) is 12.4 Å². The molecular weight excluding hydrogens is 322 g/mol.